The van der Waals surface area contributed by atoms with E-state index in [4.69, 9.17) is 22.1 Å². The molecule has 7 heteroatoms. The molecule has 1 unspecified atom stereocenters. The largest absolute Gasteiger partial charge is 0.462 e. The fourth-order valence-electron chi connectivity index (χ4n) is 1.64. The second-order valence-corrected chi connectivity index (χ2v) is 4.53. The maximum Gasteiger partial charge on any atom is 0.340 e. The third kappa shape index (κ3) is 3.77. The first-order valence-corrected chi connectivity index (χ1v) is 6.52. The van der Waals surface area contributed by atoms with E-state index in [9.17, 15) is 9.59 Å². The SMILES string of the molecule is CCOC(=O)c1cc(N)cc(Cl)c1NC(C)C(=O)NC. The fourth-order valence-corrected chi connectivity index (χ4v) is 1.93. The Morgan fingerprint density at radius 1 is 1.45 bits per heavy atom. The maximum absolute atomic E-state index is 11.9. The van der Waals surface area contributed by atoms with E-state index in [1.807, 2.05) is 0 Å². The van der Waals surface area contributed by atoms with Gasteiger partial charge in [0.05, 0.1) is 22.9 Å². The highest BCUT2D eigenvalue weighted by molar-refractivity contribution is 6.34. The third-order valence-electron chi connectivity index (χ3n) is 2.61. The molecule has 0 radical (unpaired) electrons. The van der Waals surface area contributed by atoms with Gasteiger partial charge in [0.2, 0.25) is 5.91 Å². The molecule has 1 rings (SSSR count). The van der Waals surface area contributed by atoms with Gasteiger partial charge in [-0.05, 0) is 26.0 Å². The standard InChI is InChI=1S/C13H18ClN3O3/c1-4-20-13(19)9-5-8(15)6-10(14)11(9)17-7(2)12(18)16-3/h5-7,17H,4,15H2,1-3H3,(H,16,18). The van der Waals surface area contributed by atoms with Crippen LogP contribution in [0.4, 0.5) is 11.4 Å². The molecule has 0 saturated carbocycles. The predicted molar refractivity (Wildman–Crippen MR) is 79.0 cm³/mol. The maximum atomic E-state index is 11.9. The van der Waals surface area contributed by atoms with E-state index < -0.39 is 12.0 Å². The van der Waals surface area contributed by atoms with Crippen molar-refractivity contribution in [2.75, 3.05) is 24.7 Å². The van der Waals surface area contributed by atoms with E-state index in [-0.39, 0.29) is 23.1 Å². The van der Waals surface area contributed by atoms with Gasteiger partial charge in [0.1, 0.15) is 6.04 Å². The van der Waals surface area contributed by atoms with Crippen LogP contribution in [0.5, 0.6) is 0 Å². The Morgan fingerprint density at radius 2 is 2.10 bits per heavy atom. The molecular weight excluding hydrogens is 282 g/mol. The van der Waals surface area contributed by atoms with Gasteiger partial charge in [0, 0.05) is 12.7 Å². The number of halogens is 1. The molecule has 110 valence electrons. The van der Waals surface area contributed by atoms with Crippen LogP contribution < -0.4 is 16.4 Å². The highest BCUT2D eigenvalue weighted by atomic mass is 35.5. The summed E-state index contributed by atoms with van der Waals surface area (Å²) in [6.07, 6.45) is 0. The Morgan fingerprint density at radius 3 is 2.65 bits per heavy atom. The number of nitrogens with one attached hydrogen (secondary N) is 2. The van der Waals surface area contributed by atoms with Gasteiger partial charge in [-0.2, -0.15) is 0 Å². The minimum absolute atomic E-state index is 0.201. The molecule has 4 N–H and O–H groups in total. The van der Waals surface area contributed by atoms with Crippen molar-refractivity contribution >= 4 is 34.9 Å². The number of amides is 1. The van der Waals surface area contributed by atoms with Gasteiger partial charge in [-0.25, -0.2) is 4.79 Å². The van der Waals surface area contributed by atoms with Crippen LogP contribution in [0.3, 0.4) is 0 Å². The zero-order chi connectivity index (χ0) is 15.3. The molecule has 0 saturated heterocycles. The lowest BCUT2D eigenvalue weighted by Gasteiger charge is -2.18. The van der Waals surface area contributed by atoms with Crippen molar-refractivity contribution in [3.05, 3.63) is 22.7 Å². The van der Waals surface area contributed by atoms with Crippen molar-refractivity contribution in [2.24, 2.45) is 0 Å². The number of carbonyl (C=O) groups excluding carboxylic acids is 2. The first-order valence-electron chi connectivity index (χ1n) is 6.15. The summed E-state index contributed by atoms with van der Waals surface area (Å²) >= 11 is 6.09. The van der Waals surface area contributed by atoms with Crippen molar-refractivity contribution in [1.29, 1.82) is 0 Å². The molecule has 0 aliphatic heterocycles. The molecule has 1 aromatic carbocycles. The lowest BCUT2D eigenvalue weighted by molar-refractivity contribution is -0.121. The van der Waals surface area contributed by atoms with Gasteiger partial charge in [-0.15, -0.1) is 0 Å². The third-order valence-corrected chi connectivity index (χ3v) is 2.91. The van der Waals surface area contributed by atoms with Crippen LogP contribution in [0.2, 0.25) is 5.02 Å². The number of nitrogen functional groups attached to an aromatic ring is 1. The quantitative estimate of drug-likeness (QED) is 0.568. The molecule has 0 fully saturated rings. The van der Waals surface area contributed by atoms with Crippen LogP contribution in [-0.4, -0.2) is 31.6 Å². The summed E-state index contributed by atoms with van der Waals surface area (Å²) in [4.78, 5) is 23.5. The molecule has 0 aliphatic carbocycles. The van der Waals surface area contributed by atoms with Crippen molar-refractivity contribution in [3.8, 4) is 0 Å². The highest BCUT2D eigenvalue weighted by Crippen LogP contribution is 2.30. The Balaban J connectivity index is 3.16. The van der Waals surface area contributed by atoms with E-state index >= 15 is 0 Å². The molecule has 0 bridgehead atoms. The number of carbonyl (C=O) groups is 2. The van der Waals surface area contributed by atoms with E-state index in [1.165, 1.54) is 19.2 Å². The second kappa shape index (κ2) is 7.00. The number of likely N-dealkylation sites (N-methyl/N-ethyl adjacent to an activating group) is 1. The van der Waals surface area contributed by atoms with Gasteiger partial charge in [-0.1, -0.05) is 11.6 Å². The normalized spacial score (nSPS) is 11.6. The molecule has 0 spiro atoms. The van der Waals surface area contributed by atoms with Gasteiger partial charge >= 0.3 is 5.97 Å². The first kappa shape index (κ1) is 16.1. The molecule has 0 heterocycles. The number of benzene rings is 1. The highest BCUT2D eigenvalue weighted by Gasteiger charge is 2.20. The lowest BCUT2D eigenvalue weighted by Crippen LogP contribution is -2.35. The van der Waals surface area contributed by atoms with E-state index in [0.29, 0.717) is 11.4 Å². The molecule has 1 amide bonds. The average molecular weight is 300 g/mol. The van der Waals surface area contributed by atoms with Gasteiger partial charge in [-0.3, -0.25) is 4.79 Å². The summed E-state index contributed by atoms with van der Waals surface area (Å²) in [5.74, 6) is -0.777. The smallest absolute Gasteiger partial charge is 0.340 e. The molecule has 1 atom stereocenters. The van der Waals surface area contributed by atoms with Crippen LogP contribution in [0.1, 0.15) is 24.2 Å². The molecular formula is C13H18ClN3O3. The van der Waals surface area contributed by atoms with Crippen LogP contribution >= 0.6 is 11.6 Å². The molecule has 6 nitrogen and oxygen atoms in total. The van der Waals surface area contributed by atoms with E-state index in [2.05, 4.69) is 10.6 Å². The number of ether oxygens (including phenoxy) is 1. The number of hydrogen-bond acceptors (Lipinski definition) is 5. The first-order chi connectivity index (χ1) is 9.40. The number of esters is 1. The van der Waals surface area contributed by atoms with Gasteiger partial charge in [0.15, 0.2) is 0 Å². The number of nitrogens with two attached hydrogens (primary N) is 1. The summed E-state index contributed by atoms with van der Waals surface area (Å²) in [7, 11) is 1.53. The molecule has 0 aliphatic rings. The summed E-state index contributed by atoms with van der Waals surface area (Å²) in [5.41, 5.74) is 6.55. The lowest BCUT2D eigenvalue weighted by atomic mass is 10.1. The minimum atomic E-state index is -0.561. The van der Waals surface area contributed by atoms with E-state index in [1.54, 1.807) is 13.8 Å². The fraction of sp³-hybridized carbons (Fsp3) is 0.385. The summed E-state index contributed by atoms with van der Waals surface area (Å²) in [5, 5.41) is 5.65. The summed E-state index contributed by atoms with van der Waals surface area (Å²) in [6, 6.07) is 2.40. The Labute approximate surface area is 122 Å². The molecule has 20 heavy (non-hydrogen) atoms. The number of anilines is 2. The van der Waals surface area contributed by atoms with Crippen LogP contribution in [0, 0.1) is 0 Å². The van der Waals surface area contributed by atoms with Crippen molar-refractivity contribution < 1.29 is 14.3 Å². The summed E-state index contributed by atoms with van der Waals surface area (Å²) in [6.45, 7) is 3.59. The summed E-state index contributed by atoms with van der Waals surface area (Å²) < 4.78 is 4.95. The number of rotatable bonds is 5. The van der Waals surface area contributed by atoms with Crippen LogP contribution in [0.15, 0.2) is 12.1 Å². The number of hydrogen-bond donors (Lipinski definition) is 3. The van der Waals surface area contributed by atoms with Crippen molar-refractivity contribution in [2.45, 2.75) is 19.9 Å². The molecule has 0 aromatic heterocycles. The topological polar surface area (TPSA) is 93.4 Å². The van der Waals surface area contributed by atoms with Crippen LogP contribution in [0.25, 0.3) is 0 Å². The minimum Gasteiger partial charge on any atom is -0.462 e. The van der Waals surface area contributed by atoms with E-state index in [0.717, 1.165) is 0 Å². The second-order valence-electron chi connectivity index (χ2n) is 4.13. The van der Waals surface area contributed by atoms with Crippen LogP contribution in [-0.2, 0) is 9.53 Å². The zero-order valence-electron chi connectivity index (χ0n) is 11.6. The average Bonchev–Trinajstić information content (AvgIpc) is 2.40. The Kier molecular flexibility index (Phi) is 5.64. The Hall–Kier alpha value is -1.95. The van der Waals surface area contributed by atoms with Gasteiger partial charge < -0.3 is 21.1 Å². The monoisotopic (exact) mass is 299 g/mol. The van der Waals surface area contributed by atoms with Crippen molar-refractivity contribution in [3.63, 3.8) is 0 Å². The molecule has 1 aromatic rings. The van der Waals surface area contributed by atoms with Gasteiger partial charge in [0.25, 0.3) is 0 Å². The Bertz CT molecular complexity index is 520. The van der Waals surface area contributed by atoms with Crippen molar-refractivity contribution in [1.82, 2.24) is 5.32 Å². The predicted octanol–water partition coefficient (Wildman–Crippen LogP) is 1.65. The zero-order valence-corrected chi connectivity index (χ0v) is 12.4.